The van der Waals surface area contributed by atoms with Crippen molar-refractivity contribution in [1.82, 2.24) is 19.2 Å². The number of hydrogen-bond donors (Lipinski definition) is 2. The molecular weight excluding hydrogens is 428 g/mol. The van der Waals surface area contributed by atoms with E-state index in [4.69, 9.17) is 0 Å². The molecule has 2 N–H and O–H groups in total. The van der Waals surface area contributed by atoms with Crippen LogP contribution in [0.4, 0.5) is 0 Å². The number of fused-ring (bicyclic) bond motifs is 1. The summed E-state index contributed by atoms with van der Waals surface area (Å²) in [5.74, 6) is 0.165. The van der Waals surface area contributed by atoms with Gasteiger partial charge in [-0.3, -0.25) is 4.90 Å². The number of aliphatic hydroxyl groups is 1. The Morgan fingerprint density at radius 1 is 1.06 bits per heavy atom. The number of benzene rings is 2. The van der Waals surface area contributed by atoms with Crippen LogP contribution in [0.15, 0.2) is 59.2 Å². The van der Waals surface area contributed by atoms with Crippen LogP contribution in [-0.4, -0.2) is 65.4 Å². The third-order valence-electron chi connectivity index (χ3n) is 5.36. The maximum absolute atomic E-state index is 13.0. The molecule has 0 amide bonds. The molecule has 0 radical (unpaired) electrons. The molecule has 1 aliphatic heterocycles. The fraction of sp³-hybridized carbons (Fsp3) is 0.227. The van der Waals surface area contributed by atoms with Gasteiger partial charge in [-0.05, 0) is 24.3 Å². The van der Waals surface area contributed by atoms with Gasteiger partial charge in [0.05, 0.1) is 28.0 Å². The number of para-hydroxylation sites is 2. The number of imidazole rings is 1. The SMILES string of the molecule is N#C/C(=C(/O)CN1CCN(S(=O)(=O)c2ccccc2C#N)CC1)c1nc2ccccc2[nH]1. The first-order chi connectivity index (χ1) is 15.4. The average Bonchev–Trinajstić information content (AvgIpc) is 3.23. The Labute approximate surface area is 185 Å². The number of allylic oxidation sites excluding steroid dienone is 1. The topological polar surface area (TPSA) is 137 Å². The highest BCUT2D eigenvalue weighted by atomic mass is 32.2. The van der Waals surface area contributed by atoms with Crippen LogP contribution in [0.25, 0.3) is 16.6 Å². The number of rotatable bonds is 5. The van der Waals surface area contributed by atoms with Gasteiger partial charge in [0.1, 0.15) is 23.5 Å². The lowest BCUT2D eigenvalue weighted by atomic mass is 10.2. The second-order valence-corrected chi connectivity index (χ2v) is 9.23. The summed E-state index contributed by atoms with van der Waals surface area (Å²) in [6.45, 7) is 1.26. The Morgan fingerprint density at radius 3 is 2.44 bits per heavy atom. The summed E-state index contributed by atoms with van der Waals surface area (Å²) in [6.07, 6.45) is 0. The van der Waals surface area contributed by atoms with E-state index in [0.717, 1.165) is 5.52 Å². The maximum atomic E-state index is 13.0. The van der Waals surface area contributed by atoms with Crippen molar-refractivity contribution in [3.05, 3.63) is 65.7 Å². The molecule has 1 fully saturated rings. The Kier molecular flexibility index (Phi) is 5.93. The number of aliphatic hydroxyl groups excluding tert-OH is 1. The first-order valence-corrected chi connectivity index (χ1v) is 11.4. The number of sulfonamides is 1. The van der Waals surface area contributed by atoms with E-state index in [2.05, 4.69) is 9.97 Å². The van der Waals surface area contributed by atoms with Crippen molar-refractivity contribution in [1.29, 1.82) is 10.5 Å². The van der Waals surface area contributed by atoms with Gasteiger partial charge in [-0.1, -0.05) is 24.3 Å². The Hall–Kier alpha value is -3.70. The third kappa shape index (κ3) is 4.07. The van der Waals surface area contributed by atoms with Crippen molar-refractivity contribution in [3.63, 3.8) is 0 Å². The smallest absolute Gasteiger partial charge is 0.244 e. The molecule has 32 heavy (non-hydrogen) atoms. The molecule has 1 aliphatic rings. The minimum absolute atomic E-state index is 0.00431. The van der Waals surface area contributed by atoms with E-state index in [1.807, 2.05) is 41.3 Å². The van der Waals surface area contributed by atoms with Crippen LogP contribution in [0.2, 0.25) is 0 Å². The molecule has 3 aromatic rings. The van der Waals surface area contributed by atoms with Crippen molar-refractivity contribution in [2.24, 2.45) is 0 Å². The predicted octanol–water partition coefficient (Wildman–Crippen LogP) is 2.23. The molecule has 2 aromatic carbocycles. The van der Waals surface area contributed by atoms with Crippen molar-refractivity contribution >= 4 is 26.6 Å². The summed E-state index contributed by atoms with van der Waals surface area (Å²) in [6, 6.07) is 17.4. The van der Waals surface area contributed by atoms with Gasteiger partial charge >= 0.3 is 0 Å². The molecule has 2 heterocycles. The quantitative estimate of drug-likeness (QED) is 0.451. The van der Waals surface area contributed by atoms with Crippen LogP contribution in [-0.2, 0) is 10.0 Å². The van der Waals surface area contributed by atoms with Gasteiger partial charge in [0, 0.05) is 26.2 Å². The molecule has 162 valence electrons. The number of hydrogen-bond acceptors (Lipinski definition) is 7. The van der Waals surface area contributed by atoms with Crippen LogP contribution < -0.4 is 0 Å². The number of nitrogens with one attached hydrogen (secondary N) is 1. The fourth-order valence-corrected chi connectivity index (χ4v) is 5.23. The van der Waals surface area contributed by atoms with E-state index in [0.29, 0.717) is 24.4 Å². The van der Waals surface area contributed by atoms with Gasteiger partial charge in [0.25, 0.3) is 0 Å². The van der Waals surface area contributed by atoms with E-state index in [-0.39, 0.29) is 41.4 Å². The number of nitriles is 2. The second-order valence-electron chi connectivity index (χ2n) is 7.32. The van der Waals surface area contributed by atoms with E-state index >= 15 is 0 Å². The summed E-state index contributed by atoms with van der Waals surface area (Å²) < 4.78 is 27.3. The lowest BCUT2D eigenvalue weighted by Gasteiger charge is -2.33. The van der Waals surface area contributed by atoms with Crippen molar-refractivity contribution < 1.29 is 13.5 Å². The number of aromatic amines is 1. The summed E-state index contributed by atoms with van der Waals surface area (Å²) in [5.41, 5.74) is 1.62. The first kappa shape index (κ1) is 21.5. The van der Waals surface area contributed by atoms with Crippen molar-refractivity contribution in [3.8, 4) is 12.1 Å². The maximum Gasteiger partial charge on any atom is 0.244 e. The zero-order valence-electron chi connectivity index (χ0n) is 17.1. The minimum Gasteiger partial charge on any atom is -0.509 e. The fourth-order valence-electron chi connectivity index (χ4n) is 3.67. The predicted molar refractivity (Wildman–Crippen MR) is 118 cm³/mol. The van der Waals surface area contributed by atoms with E-state index in [1.165, 1.54) is 16.4 Å². The summed E-state index contributed by atoms with van der Waals surface area (Å²) in [5, 5.41) is 29.4. The Morgan fingerprint density at radius 2 is 1.75 bits per heavy atom. The molecule has 0 unspecified atom stereocenters. The molecule has 0 aliphatic carbocycles. The van der Waals surface area contributed by atoms with Gasteiger partial charge in [-0.25, -0.2) is 13.4 Å². The summed E-state index contributed by atoms with van der Waals surface area (Å²) >= 11 is 0. The van der Waals surface area contributed by atoms with Crippen LogP contribution in [0.5, 0.6) is 0 Å². The first-order valence-electron chi connectivity index (χ1n) is 9.93. The van der Waals surface area contributed by atoms with Crippen LogP contribution in [0.1, 0.15) is 11.4 Å². The minimum atomic E-state index is -3.79. The molecule has 0 spiro atoms. The molecule has 1 aromatic heterocycles. The van der Waals surface area contributed by atoms with E-state index in [1.54, 1.807) is 12.1 Å². The highest BCUT2D eigenvalue weighted by Crippen LogP contribution is 2.22. The number of aromatic nitrogens is 2. The molecule has 4 rings (SSSR count). The largest absolute Gasteiger partial charge is 0.509 e. The normalized spacial score (nSPS) is 16.3. The molecule has 0 saturated carbocycles. The summed E-state index contributed by atoms with van der Waals surface area (Å²) in [7, 11) is -3.79. The molecule has 0 bridgehead atoms. The van der Waals surface area contributed by atoms with Gasteiger partial charge in [0.2, 0.25) is 10.0 Å². The standard InChI is InChI=1S/C22H20N6O3S/c23-13-16-5-1-4-8-21(16)32(30,31)28-11-9-27(10-12-28)15-20(29)17(14-24)22-25-18-6-2-3-7-19(18)26-22/h1-8,29H,9-12,15H2,(H,25,26)/b20-17-. The van der Waals surface area contributed by atoms with Gasteiger partial charge in [0.15, 0.2) is 5.82 Å². The van der Waals surface area contributed by atoms with Crippen molar-refractivity contribution in [2.45, 2.75) is 4.90 Å². The van der Waals surface area contributed by atoms with Crippen LogP contribution >= 0.6 is 0 Å². The van der Waals surface area contributed by atoms with Gasteiger partial charge in [-0.15, -0.1) is 0 Å². The molecule has 1 saturated heterocycles. The number of nitrogens with zero attached hydrogens (tertiary/aromatic N) is 5. The average molecular weight is 449 g/mol. The summed E-state index contributed by atoms with van der Waals surface area (Å²) in [4.78, 5) is 9.27. The monoisotopic (exact) mass is 448 g/mol. The zero-order valence-corrected chi connectivity index (χ0v) is 17.9. The highest BCUT2D eigenvalue weighted by molar-refractivity contribution is 7.89. The lowest BCUT2D eigenvalue weighted by molar-refractivity contribution is 0.182. The van der Waals surface area contributed by atoms with E-state index in [9.17, 15) is 24.0 Å². The van der Waals surface area contributed by atoms with Crippen LogP contribution in [0, 0.1) is 22.7 Å². The second kappa shape index (κ2) is 8.81. The number of H-pyrrole nitrogens is 1. The highest BCUT2D eigenvalue weighted by Gasteiger charge is 2.30. The molecular formula is C22H20N6O3S. The lowest BCUT2D eigenvalue weighted by Crippen LogP contribution is -2.49. The Bertz CT molecular complexity index is 1340. The van der Waals surface area contributed by atoms with Gasteiger partial charge in [-0.2, -0.15) is 14.8 Å². The molecule has 9 nitrogen and oxygen atoms in total. The number of piperazine rings is 1. The van der Waals surface area contributed by atoms with Gasteiger partial charge < -0.3 is 10.1 Å². The third-order valence-corrected chi connectivity index (χ3v) is 7.31. The Balaban J connectivity index is 1.47. The molecule has 10 heteroatoms. The van der Waals surface area contributed by atoms with Crippen molar-refractivity contribution in [2.75, 3.05) is 32.7 Å². The molecule has 0 atom stereocenters. The van der Waals surface area contributed by atoms with Crippen LogP contribution in [0.3, 0.4) is 0 Å². The van der Waals surface area contributed by atoms with E-state index < -0.39 is 10.0 Å². The zero-order chi connectivity index (χ0) is 22.7.